The van der Waals surface area contributed by atoms with E-state index in [1.165, 1.54) is 0 Å². The third kappa shape index (κ3) is 1.85. The topological polar surface area (TPSA) is 32.3 Å². The summed E-state index contributed by atoms with van der Waals surface area (Å²) in [7, 11) is 0. The fraction of sp³-hybridized carbons (Fsp3) is 0. The van der Waals surface area contributed by atoms with E-state index in [1.54, 1.807) is 0 Å². The Bertz CT molecular complexity index is 73.3. The highest BCUT2D eigenvalue weighted by atomic mass is 19.4. The van der Waals surface area contributed by atoms with E-state index in [0.717, 1.165) is 0 Å². The summed E-state index contributed by atoms with van der Waals surface area (Å²) < 4.78 is 31.7. The molecule has 0 aromatic carbocycles. The van der Waals surface area contributed by atoms with Gasteiger partial charge in [-0.15, -0.1) is 0 Å². The van der Waals surface area contributed by atoms with Crippen molar-refractivity contribution in [2.24, 2.45) is 0 Å². The first-order valence-electron chi connectivity index (χ1n) is 1.20. The number of nitrogens with zero attached hydrogens (tertiary/aromatic N) is 1. The lowest BCUT2D eigenvalue weighted by molar-refractivity contribution is -0.104. The van der Waals surface area contributed by atoms with Crippen LogP contribution in [0, 0.1) is 0 Å². The van der Waals surface area contributed by atoms with E-state index in [4.69, 9.17) is 0 Å². The zero-order chi connectivity index (χ0) is 5.86. The van der Waals surface area contributed by atoms with E-state index in [2.05, 4.69) is 0 Å². The largest absolute Gasteiger partial charge is 0.403 e. The Kier molecular flexibility index (Phi) is 1.97. The summed E-state index contributed by atoms with van der Waals surface area (Å²) in [6, 6.07) is -2.07. The van der Waals surface area contributed by atoms with Gasteiger partial charge in [0, 0.05) is 5.34 Å². The van der Waals surface area contributed by atoms with Gasteiger partial charge < -0.3 is 0 Å². The molecule has 0 bridgehead atoms. The monoisotopic (exact) mass is 114 g/mol. The second-order valence-electron chi connectivity index (χ2n) is 0.633. The molecule has 3 nitrogen and oxygen atoms in total. The van der Waals surface area contributed by atoms with Gasteiger partial charge in [0.25, 0.3) is 0 Å². The van der Waals surface area contributed by atoms with Gasteiger partial charge in [0.05, 0.1) is 0 Å². The standard InChI is InChI=1S/CHF3N2O/c2-5-1(7)6(3)4/h(H,5,7). The van der Waals surface area contributed by atoms with Gasteiger partial charge in [0.15, 0.2) is 0 Å². The van der Waals surface area contributed by atoms with E-state index in [9.17, 15) is 18.2 Å². The normalized spacial score (nSPS) is 7.86. The van der Waals surface area contributed by atoms with Crippen molar-refractivity contribution in [1.29, 1.82) is 0 Å². The van der Waals surface area contributed by atoms with Gasteiger partial charge in [-0.3, -0.25) is 0 Å². The first kappa shape index (κ1) is 6.06. The van der Waals surface area contributed by atoms with E-state index in [0.29, 0.717) is 0 Å². The molecule has 0 rings (SSSR count). The Morgan fingerprint density at radius 2 is 2.00 bits per heavy atom. The number of carbonyl (C=O) groups is 1. The van der Waals surface area contributed by atoms with Crippen LogP contribution in [-0.2, 0) is 0 Å². The van der Waals surface area contributed by atoms with Gasteiger partial charge in [0.1, 0.15) is 0 Å². The second-order valence-corrected chi connectivity index (χ2v) is 0.633. The number of halogens is 3. The van der Waals surface area contributed by atoms with Crippen LogP contribution in [0.5, 0.6) is 0 Å². The lowest BCUT2D eigenvalue weighted by atomic mass is 11.2. The van der Waals surface area contributed by atoms with Crippen molar-refractivity contribution < 1.29 is 18.2 Å². The Hall–Kier alpha value is -0.940. The van der Waals surface area contributed by atoms with Crippen LogP contribution in [0.3, 0.4) is 0 Å². The average Bonchev–Trinajstić information content (AvgIpc) is 1.65. The third-order valence-electron chi connectivity index (χ3n) is 0.234. The maximum absolute atomic E-state index is 10.6. The third-order valence-corrected chi connectivity index (χ3v) is 0.234. The number of nitrogens with one attached hydrogen (secondary N) is 1. The number of rotatable bonds is 0. The maximum atomic E-state index is 10.6. The molecule has 0 saturated heterocycles. The van der Waals surface area contributed by atoms with Crippen molar-refractivity contribution in [2.75, 3.05) is 0 Å². The lowest BCUT2D eigenvalue weighted by Crippen LogP contribution is -2.22. The highest BCUT2D eigenvalue weighted by Gasteiger charge is 2.08. The lowest BCUT2D eigenvalue weighted by Gasteiger charge is -1.91. The van der Waals surface area contributed by atoms with Crippen LogP contribution >= 0.6 is 0 Å². The van der Waals surface area contributed by atoms with Crippen LogP contribution in [-0.4, -0.2) is 11.4 Å². The fourth-order valence-electron chi connectivity index (χ4n) is 0.0319. The minimum Gasteiger partial charge on any atom is -0.240 e. The summed E-state index contributed by atoms with van der Waals surface area (Å²) in [5.41, 5.74) is 0.201. The Morgan fingerprint density at radius 1 is 1.57 bits per heavy atom. The number of carbonyl (C=O) groups excluding carboxylic acids is 1. The quantitative estimate of drug-likeness (QED) is 0.461. The molecule has 1 N–H and O–H groups in total. The summed E-state index contributed by atoms with van der Waals surface area (Å²) >= 11 is 0. The van der Waals surface area contributed by atoms with E-state index < -0.39 is 11.4 Å². The fourth-order valence-corrected chi connectivity index (χ4v) is 0.0319. The molecule has 6 heteroatoms. The number of urea groups is 1. The minimum atomic E-state index is -2.07. The molecule has 0 aromatic heterocycles. The first-order chi connectivity index (χ1) is 3.18. The molecule has 2 amide bonds. The Labute approximate surface area is 36.5 Å². The van der Waals surface area contributed by atoms with Crippen LogP contribution in [0.1, 0.15) is 0 Å². The Morgan fingerprint density at radius 3 is 2.00 bits per heavy atom. The van der Waals surface area contributed by atoms with Gasteiger partial charge in [0.2, 0.25) is 0 Å². The maximum Gasteiger partial charge on any atom is 0.403 e. The van der Waals surface area contributed by atoms with Crippen LogP contribution in [0.4, 0.5) is 18.2 Å². The molecule has 0 heterocycles. The van der Waals surface area contributed by atoms with Gasteiger partial charge in [-0.2, -0.15) is 5.54 Å². The molecule has 0 aliphatic heterocycles. The predicted octanol–water partition coefficient (Wildman–Crippen LogP) is 0.652. The van der Waals surface area contributed by atoms with Crippen molar-refractivity contribution in [3.8, 4) is 0 Å². The predicted molar refractivity (Wildman–Crippen MR) is 13.7 cm³/mol. The highest BCUT2D eigenvalue weighted by molar-refractivity contribution is 5.70. The molecule has 0 saturated carbocycles. The number of amides is 2. The van der Waals surface area contributed by atoms with Gasteiger partial charge in [-0.05, 0) is 0 Å². The van der Waals surface area contributed by atoms with Crippen molar-refractivity contribution in [3.63, 3.8) is 0 Å². The van der Waals surface area contributed by atoms with E-state index in [1.807, 2.05) is 0 Å². The number of hydrogen-bond acceptors (Lipinski definition) is 1. The van der Waals surface area contributed by atoms with E-state index in [-0.39, 0.29) is 5.54 Å². The smallest absolute Gasteiger partial charge is 0.240 e. The molecule has 0 unspecified atom stereocenters. The Balaban J connectivity index is 3.35. The highest BCUT2D eigenvalue weighted by Crippen LogP contribution is 1.87. The van der Waals surface area contributed by atoms with Crippen molar-refractivity contribution in [2.45, 2.75) is 0 Å². The van der Waals surface area contributed by atoms with Crippen molar-refractivity contribution in [1.82, 2.24) is 10.9 Å². The van der Waals surface area contributed by atoms with Crippen LogP contribution in [0.2, 0.25) is 0 Å². The summed E-state index contributed by atoms with van der Waals surface area (Å²) in [6.45, 7) is 0. The molecule has 0 atom stereocenters. The minimum absolute atomic E-state index is 0.201. The molecule has 0 fully saturated rings. The van der Waals surface area contributed by atoms with Crippen LogP contribution < -0.4 is 5.54 Å². The average molecular weight is 114 g/mol. The SMILES string of the molecule is O=C(NF)N(F)F. The summed E-state index contributed by atoms with van der Waals surface area (Å²) in [5, 5.41) is -1.90. The number of hydrogen-bond donors (Lipinski definition) is 1. The van der Waals surface area contributed by atoms with Gasteiger partial charge >= 0.3 is 6.03 Å². The summed E-state index contributed by atoms with van der Waals surface area (Å²) in [6.07, 6.45) is 0. The zero-order valence-corrected chi connectivity index (χ0v) is 2.99. The molecule has 0 aliphatic carbocycles. The van der Waals surface area contributed by atoms with Crippen molar-refractivity contribution in [3.05, 3.63) is 0 Å². The summed E-state index contributed by atoms with van der Waals surface area (Å²) in [4.78, 5) is 9.20. The van der Waals surface area contributed by atoms with Crippen molar-refractivity contribution >= 4 is 6.03 Å². The van der Waals surface area contributed by atoms with Gasteiger partial charge in [-0.25, -0.2) is 4.79 Å². The van der Waals surface area contributed by atoms with Gasteiger partial charge in [-0.1, -0.05) is 13.4 Å². The molecular weight excluding hydrogens is 113 g/mol. The molecule has 0 radical (unpaired) electrons. The molecule has 0 aromatic rings. The van der Waals surface area contributed by atoms with Crippen LogP contribution in [0.25, 0.3) is 0 Å². The molecule has 0 spiro atoms. The molecule has 7 heavy (non-hydrogen) atoms. The van der Waals surface area contributed by atoms with E-state index >= 15 is 0 Å². The van der Waals surface area contributed by atoms with Crippen LogP contribution in [0.15, 0.2) is 0 Å². The summed E-state index contributed by atoms with van der Waals surface area (Å²) in [5.74, 6) is 0. The second kappa shape index (κ2) is 2.27. The zero-order valence-electron chi connectivity index (χ0n) is 2.99. The molecule has 42 valence electrons. The first-order valence-corrected chi connectivity index (χ1v) is 1.20. The molecule has 0 aliphatic rings. The molecular formula is CHF3N2O.